The van der Waals surface area contributed by atoms with Gasteiger partial charge in [-0.05, 0) is 67.9 Å². The van der Waals surface area contributed by atoms with E-state index in [-0.39, 0.29) is 34.4 Å². The Morgan fingerprint density at radius 2 is 1.92 bits per heavy atom. The van der Waals surface area contributed by atoms with Gasteiger partial charge in [-0.25, -0.2) is 9.37 Å². The molecule has 190 valence electrons. The maximum Gasteiger partial charge on any atom is 0.573 e. The highest BCUT2D eigenvalue weighted by Gasteiger charge is 2.43. The molecule has 2 saturated heterocycles. The van der Waals surface area contributed by atoms with E-state index in [1.165, 1.54) is 18.3 Å². The summed E-state index contributed by atoms with van der Waals surface area (Å²) in [7, 11) is 0. The second kappa shape index (κ2) is 8.47. The van der Waals surface area contributed by atoms with Gasteiger partial charge in [-0.1, -0.05) is 0 Å². The standard InChI is InChI=1S/C26H25F4N3O3/c27-19-13-31-23-22(18-11-25(7-10-35-14-25)12-20(18)32-23)21(19)15-5-8-33(9-6-15)24(34)16-1-3-17(4-2-16)36-26(28,29)30/h1-4,13,15H,5-12,14H2,(H,31,32). The largest absolute Gasteiger partial charge is 0.573 e. The van der Waals surface area contributed by atoms with Crippen LogP contribution in [0.3, 0.4) is 0 Å². The first-order valence-corrected chi connectivity index (χ1v) is 12.1. The highest BCUT2D eigenvalue weighted by molar-refractivity contribution is 5.94. The first-order valence-electron chi connectivity index (χ1n) is 12.1. The maximum atomic E-state index is 15.2. The highest BCUT2D eigenvalue weighted by atomic mass is 19.4. The zero-order chi connectivity index (χ0) is 25.1. The number of ether oxygens (including phenoxy) is 2. The number of carbonyl (C=O) groups excluding carboxylic acids is 1. The number of alkyl halides is 3. The molecule has 0 bridgehead atoms. The van der Waals surface area contributed by atoms with Crippen molar-refractivity contribution in [2.75, 3.05) is 26.3 Å². The number of benzene rings is 1. The molecule has 1 amide bonds. The molecule has 1 aromatic carbocycles. The Kier molecular flexibility index (Phi) is 5.47. The number of piperidine rings is 1. The van der Waals surface area contributed by atoms with E-state index < -0.39 is 6.36 Å². The Labute approximate surface area is 204 Å². The number of nitrogens with one attached hydrogen (secondary N) is 1. The quantitative estimate of drug-likeness (QED) is 0.504. The number of hydrogen-bond acceptors (Lipinski definition) is 4. The van der Waals surface area contributed by atoms with Gasteiger partial charge >= 0.3 is 6.36 Å². The van der Waals surface area contributed by atoms with E-state index in [4.69, 9.17) is 4.74 Å². The van der Waals surface area contributed by atoms with Gasteiger partial charge in [-0.15, -0.1) is 13.2 Å². The summed E-state index contributed by atoms with van der Waals surface area (Å²) in [5, 5.41) is 0.888. The molecule has 6 rings (SSSR count). The van der Waals surface area contributed by atoms with Gasteiger partial charge in [0.1, 0.15) is 17.2 Å². The number of carbonyl (C=O) groups is 1. The predicted octanol–water partition coefficient (Wildman–Crippen LogP) is 5.13. The Balaban J connectivity index is 1.19. The third-order valence-electron chi connectivity index (χ3n) is 7.82. The Morgan fingerprint density at radius 1 is 1.17 bits per heavy atom. The molecule has 3 aromatic rings. The number of likely N-dealkylation sites (tertiary alicyclic amines) is 1. The molecule has 2 fully saturated rings. The van der Waals surface area contributed by atoms with Crippen molar-refractivity contribution in [3.63, 3.8) is 0 Å². The summed E-state index contributed by atoms with van der Waals surface area (Å²) in [5.74, 6) is -1.02. The van der Waals surface area contributed by atoms with E-state index in [1.54, 1.807) is 4.90 Å². The average Bonchev–Trinajstić information content (AvgIpc) is 3.53. The molecule has 0 saturated carbocycles. The maximum absolute atomic E-state index is 15.2. The second-order valence-electron chi connectivity index (χ2n) is 10.1. The number of aromatic nitrogens is 2. The number of pyridine rings is 1. The molecule has 3 aliphatic rings. The van der Waals surface area contributed by atoms with Crippen LogP contribution < -0.4 is 4.74 Å². The van der Waals surface area contributed by atoms with Gasteiger partial charge < -0.3 is 19.4 Å². The minimum Gasteiger partial charge on any atom is -0.406 e. The van der Waals surface area contributed by atoms with E-state index in [0.717, 1.165) is 61.3 Å². The van der Waals surface area contributed by atoms with E-state index in [2.05, 4.69) is 14.7 Å². The van der Waals surface area contributed by atoms with E-state index >= 15 is 4.39 Å². The smallest absolute Gasteiger partial charge is 0.406 e. The molecule has 4 heterocycles. The normalized spacial score (nSPS) is 22.5. The van der Waals surface area contributed by atoms with E-state index in [0.29, 0.717) is 37.1 Å². The zero-order valence-electron chi connectivity index (χ0n) is 19.5. The van der Waals surface area contributed by atoms with Gasteiger partial charge in [-0.3, -0.25) is 4.79 Å². The van der Waals surface area contributed by atoms with Crippen molar-refractivity contribution >= 4 is 16.9 Å². The van der Waals surface area contributed by atoms with Crippen molar-refractivity contribution in [1.29, 1.82) is 0 Å². The van der Waals surface area contributed by atoms with Crippen LogP contribution in [0.15, 0.2) is 30.5 Å². The lowest BCUT2D eigenvalue weighted by Gasteiger charge is -2.33. The summed E-state index contributed by atoms with van der Waals surface area (Å²) >= 11 is 0. The molecule has 2 aliphatic heterocycles. The molecule has 2 aromatic heterocycles. The van der Waals surface area contributed by atoms with Crippen LogP contribution in [-0.4, -0.2) is 53.4 Å². The molecule has 36 heavy (non-hydrogen) atoms. The number of fused-ring (bicyclic) bond motifs is 3. The summed E-state index contributed by atoms with van der Waals surface area (Å²) in [6.45, 7) is 2.33. The predicted molar refractivity (Wildman–Crippen MR) is 122 cm³/mol. The Morgan fingerprint density at radius 3 is 2.58 bits per heavy atom. The lowest BCUT2D eigenvalue weighted by Crippen LogP contribution is -2.38. The molecular formula is C26H25F4N3O3. The number of halogens is 4. The number of nitrogens with zero attached hydrogens (tertiary/aromatic N) is 2. The van der Waals surface area contributed by atoms with Crippen LogP contribution in [0, 0.1) is 11.2 Å². The fourth-order valence-corrected chi connectivity index (χ4v) is 6.11. The summed E-state index contributed by atoms with van der Waals surface area (Å²) in [6, 6.07) is 4.91. The lowest BCUT2D eigenvalue weighted by atomic mass is 9.83. The van der Waals surface area contributed by atoms with Crippen molar-refractivity contribution in [3.8, 4) is 5.75 Å². The van der Waals surface area contributed by atoms with Crippen LogP contribution in [0.5, 0.6) is 5.75 Å². The van der Waals surface area contributed by atoms with Gasteiger partial charge in [0.05, 0.1) is 12.8 Å². The fraction of sp³-hybridized carbons (Fsp3) is 0.462. The number of hydrogen-bond donors (Lipinski definition) is 1. The van der Waals surface area contributed by atoms with E-state index in [9.17, 15) is 18.0 Å². The first-order chi connectivity index (χ1) is 17.2. The van der Waals surface area contributed by atoms with E-state index in [1.807, 2.05) is 0 Å². The molecule has 1 atom stereocenters. The van der Waals surface area contributed by atoms with Gasteiger partial charge in [0.2, 0.25) is 0 Å². The first kappa shape index (κ1) is 23.3. The highest BCUT2D eigenvalue weighted by Crippen LogP contribution is 2.47. The van der Waals surface area contributed by atoms with Crippen LogP contribution in [-0.2, 0) is 17.6 Å². The topological polar surface area (TPSA) is 67.5 Å². The molecule has 1 N–H and O–H groups in total. The molecule has 1 spiro atoms. The fourth-order valence-electron chi connectivity index (χ4n) is 6.11. The third kappa shape index (κ3) is 4.11. The molecule has 6 nitrogen and oxygen atoms in total. The van der Waals surface area contributed by atoms with Crippen molar-refractivity contribution in [2.24, 2.45) is 5.41 Å². The third-order valence-corrected chi connectivity index (χ3v) is 7.82. The number of rotatable bonds is 3. The molecule has 1 unspecified atom stereocenters. The molecule has 1 aliphatic carbocycles. The van der Waals surface area contributed by atoms with Crippen molar-refractivity contribution in [3.05, 3.63) is 58.7 Å². The minimum atomic E-state index is -4.79. The Hall–Kier alpha value is -3.14. The zero-order valence-corrected chi connectivity index (χ0v) is 19.5. The van der Waals surface area contributed by atoms with Crippen LogP contribution in [0.4, 0.5) is 17.6 Å². The summed E-state index contributed by atoms with van der Waals surface area (Å²) in [6.07, 6.45) is 0.409. The Bertz CT molecular complexity index is 1300. The van der Waals surface area contributed by atoms with Crippen LogP contribution in [0.2, 0.25) is 0 Å². The number of H-pyrrole nitrogens is 1. The summed E-state index contributed by atoms with van der Waals surface area (Å²) < 4.78 is 61.9. The van der Waals surface area contributed by atoms with Crippen LogP contribution >= 0.6 is 0 Å². The summed E-state index contributed by atoms with van der Waals surface area (Å²) in [5.41, 5.74) is 4.04. The number of amides is 1. The van der Waals surface area contributed by atoms with Gasteiger partial charge in [0.15, 0.2) is 0 Å². The SMILES string of the molecule is O=C(c1ccc(OC(F)(F)F)cc1)N1CCC(c2c(F)cnc3[nH]c4c(c23)CC2(CCOC2)C4)CC1. The molecular weight excluding hydrogens is 478 g/mol. The van der Waals surface area contributed by atoms with Crippen LogP contribution in [0.1, 0.15) is 52.4 Å². The molecule has 0 radical (unpaired) electrons. The second-order valence-corrected chi connectivity index (χ2v) is 10.1. The average molecular weight is 503 g/mol. The van der Waals surface area contributed by atoms with Crippen molar-refractivity contribution in [2.45, 2.75) is 44.4 Å². The van der Waals surface area contributed by atoms with Crippen LogP contribution in [0.25, 0.3) is 11.0 Å². The lowest BCUT2D eigenvalue weighted by molar-refractivity contribution is -0.274. The van der Waals surface area contributed by atoms with Gasteiger partial charge in [0, 0.05) is 47.3 Å². The molecule has 10 heteroatoms. The number of aromatic amines is 1. The van der Waals surface area contributed by atoms with Crippen molar-refractivity contribution in [1.82, 2.24) is 14.9 Å². The van der Waals surface area contributed by atoms with Gasteiger partial charge in [0.25, 0.3) is 5.91 Å². The van der Waals surface area contributed by atoms with Gasteiger partial charge in [-0.2, -0.15) is 0 Å². The minimum absolute atomic E-state index is 0.0570. The summed E-state index contributed by atoms with van der Waals surface area (Å²) in [4.78, 5) is 22.3. The van der Waals surface area contributed by atoms with Crippen molar-refractivity contribution < 1.29 is 31.8 Å². The monoisotopic (exact) mass is 503 g/mol.